The maximum absolute atomic E-state index is 5.76. The van der Waals surface area contributed by atoms with Gasteiger partial charge in [-0.05, 0) is 32.4 Å². The maximum Gasteiger partial charge on any atom is 0.0704 e. The minimum Gasteiger partial charge on any atom is -0.379 e. The summed E-state index contributed by atoms with van der Waals surface area (Å²) in [5.74, 6) is 0. The molecule has 1 saturated heterocycles. The van der Waals surface area contributed by atoms with Crippen molar-refractivity contribution in [2.24, 2.45) is 0 Å². The Hall–Kier alpha value is -0.200. The van der Waals surface area contributed by atoms with Gasteiger partial charge in [0.15, 0.2) is 0 Å². The standard InChI is InChI=1S/C18H37NO4/c1-2-3-4-5-6-11-20-12-13-21-14-15-22-16-17-23-18-7-9-19-10-8-18/h18-19H,2-17H2,1H3. The van der Waals surface area contributed by atoms with E-state index in [4.69, 9.17) is 18.9 Å². The first-order chi connectivity index (χ1) is 11.4. The minimum atomic E-state index is 0.412. The van der Waals surface area contributed by atoms with E-state index in [-0.39, 0.29) is 0 Å². The van der Waals surface area contributed by atoms with E-state index in [1.54, 1.807) is 0 Å². The number of nitrogens with one attached hydrogen (secondary N) is 1. The molecule has 1 fully saturated rings. The molecule has 23 heavy (non-hydrogen) atoms. The van der Waals surface area contributed by atoms with Crippen molar-refractivity contribution in [3.8, 4) is 0 Å². The highest BCUT2D eigenvalue weighted by molar-refractivity contribution is 4.67. The third kappa shape index (κ3) is 13.9. The molecule has 5 heteroatoms. The smallest absolute Gasteiger partial charge is 0.0704 e. The fourth-order valence-corrected chi connectivity index (χ4v) is 2.59. The van der Waals surface area contributed by atoms with Crippen LogP contribution in [0.1, 0.15) is 51.9 Å². The van der Waals surface area contributed by atoms with Gasteiger partial charge in [-0.3, -0.25) is 0 Å². The molecule has 1 N–H and O–H groups in total. The van der Waals surface area contributed by atoms with Gasteiger partial charge in [-0.15, -0.1) is 0 Å². The largest absolute Gasteiger partial charge is 0.379 e. The van der Waals surface area contributed by atoms with Crippen molar-refractivity contribution < 1.29 is 18.9 Å². The SMILES string of the molecule is CCCCCCCOCCOCCOCCOC1CCNCC1. The fraction of sp³-hybridized carbons (Fsp3) is 1.00. The molecule has 5 nitrogen and oxygen atoms in total. The van der Waals surface area contributed by atoms with E-state index >= 15 is 0 Å². The van der Waals surface area contributed by atoms with Crippen LogP contribution in [-0.2, 0) is 18.9 Å². The topological polar surface area (TPSA) is 49.0 Å². The average Bonchev–Trinajstić information content (AvgIpc) is 2.59. The van der Waals surface area contributed by atoms with E-state index in [2.05, 4.69) is 12.2 Å². The third-order valence-corrected chi connectivity index (χ3v) is 4.00. The summed E-state index contributed by atoms with van der Waals surface area (Å²) in [5.41, 5.74) is 0. The van der Waals surface area contributed by atoms with Gasteiger partial charge in [0.1, 0.15) is 0 Å². The normalized spacial score (nSPS) is 16.0. The van der Waals surface area contributed by atoms with Crippen LogP contribution >= 0.6 is 0 Å². The molecule has 0 saturated carbocycles. The first-order valence-corrected chi connectivity index (χ1v) is 9.49. The van der Waals surface area contributed by atoms with Crippen molar-refractivity contribution in [1.82, 2.24) is 5.32 Å². The number of rotatable bonds is 16. The Labute approximate surface area is 142 Å². The van der Waals surface area contributed by atoms with Crippen molar-refractivity contribution in [3.63, 3.8) is 0 Å². The molecule has 0 radical (unpaired) electrons. The molecule has 1 heterocycles. The Bertz CT molecular complexity index is 235. The predicted octanol–water partition coefficient (Wildman–Crippen LogP) is 2.78. The van der Waals surface area contributed by atoms with Gasteiger partial charge in [-0.1, -0.05) is 32.6 Å². The van der Waals surface area contributed by atoms with E-state index in [0.717, 1.165) is 32.5 Å². The van der Waals surface area contributed by atoms with E-state index in [1.807, 2.05) is 0 Å². The average molecular weight is 331 g/mol. The lowest BCUT2D eigenvalue weighted by molar-refractivity contribution is -0.0252. The monoisotopic (exact) mass is 331 g/mol. The van der Waals surface area contributed by atoms with E-state index < -0.39 is 0 Å². The van der Waals surface area contributed by atoms with Crippen LogP contribution in [0.4, 0.5) is 0 Å². The third-order valence-electron chi connectivity index (χ3n) is 4.00. The zero-order valence-electron chi connectivity index (χ0n) is 15.0. The number of piperidine rings is 1. The molecule has 0 aliphatic carbocycles. The summed E-state index contributed by atoms with van der Waals surface area (Å²) >= 11 is 0. The van der Waals surface area contributed by atoms with Gasteiger partial charge in [-0.2, -0.15) is 0 Å². The molecule has 0 aromatic heterocycles. The lowest BCUT2D eigenvalue weighted by Crippen LogP contribution is -2.33. The van der Waals surface area contributed by atoms with Crippen LogP contribution < -0.4 is 5.32 Å². The second-order valence-electron chi connectivity index (χ2n) is 6.07. The zero-order valence-corrected chi connectivity index (χ0v) is 15.0. The van der Waals surface area contributed by atoms with Crippen LogP contribution in [0.3, 0.4) is 0 Å². The predicted molar refractivity (Wildman–Crippen MR) is 93.1 cm³/mol. The van der Waals surface area contributed by atoms with E-state index in [9.17, 15) is 0 Å². The maximum atomic E-state index is 5.76. The second kappa shape index (κ2) is 16.7. The summed E-state index contributed by atoms with van der Waals surface area (Å²) in [7, 11) is 0. The first kappa shape index (κ1) is 20.8. The molecule has 0 aromatic carbocycles. The number of ether oxygens (including phenoxy) is 4. The van der Waals surface area contributed by atoms with Gasteiger partial charge >= 0.3 is 0 Å². The molecule has 0 amide bonds. The van der Waals surface area contributed by atoms with Crippen LogP contribution in [0, 0.1) is 0 Å². The summed E-state index contributed by atoms with van der Waals surface area (Å²) in [4.78, 5) is 0. The Balaban J connectivity index is 1.67. The molecular weight excluding hydrogens is 294 g/mol. The molecule has 1 aliphatic rings. The molecule has 138 valence electrons. The van der Waals surface area contributed by atoms with Crippen LogP contribution in [0.15, 0.2) is 0 Å². The second-order valence-corrected chi connectivity index (χ2v) is 6.07. The molecule has 0 unspecified atom stereocenters. The van der Waals surface area contributed by atoms with Crippen LogP contribution in [-0.4, -0.2) is 65.4 Å². The lowest BCUT2D eigenvalue weighted by atomic mass is 10.1. The summed E-state index contributed by atoms with van der Waals surface area (Å²) in [6.07, 6.45) is 9.04. The summed E-state index contributed by atoms with van der Waals surface area (Å²) in [6.45, 7) is 9.18. The Kier molecular flexibility index (Phi) is 15.1. The molecular formula is C18H37NO4. The summed E-state index contributed by atoms with van der Waals surface area (Å²) < 4.78 is 22.3. The minimum absolute atomic E-state index is 0.412. The zero-order chi connectivity index (χ0) is 16.4. The highest BCUT2D eigenvalue weighted by Crippen LogP contribution is 2.06. The Morgan fingerprint density at radius 2 is 1.26 bits per heavy atom. The fourth-order valence-electron chi connectivity index (χ4n) is 2.59. The van der Waals surface area contributed by atoms with Gasteiger partial charge in [0, 0.05) is 6.61 Å². The lowest BCUT2D eigenvalue weighted by Gasteiger charge is -2.22. The first-order valence-electron chi connectivity index (χ1n) is 9.49. The molecule has 1 rings (SSSR count). The van der Waals surface area contributed by atoms with Crippen molar-refractivity contribution >= 4 is 0 Å². The summed E-state index contributed by atoms with van der Waals surface area (Å²) in [6, 6.07) is 0. The number of unbranched alkanes of at least 4 members (excludes halogenated alkanes) is 4. The van der Waals surface area contributed by atoms with Crippen molar-refractivity contribution in [3.05, 3.63) is 0 Å². The quantitative estimate of drug-likeness (QED) is 0.441. The molecule has 1 aliphatic heterocycles. The van der Waals surface area contributed by atoms with E-state index in [1.165, 1.54) is 32.1 Å². The highest BCUT2D eigenvalue weighted by atomic mass is 16.6. The number of hydrogen-bond donors (Lipinski definition) is 1. The van der Waals surface area contributed by atoms with Crippen molar-refractivity contribution in [2.75, 3.05) is 59.3 Å². The van der Waals surface area contributed by atoms with Crippen molar-refractivity contribution in [1.29, 1.82) is 0 Å². The van der Waals surface area contributed by atoms with Crippen molar-refractivity contribution in [2.45, 2.75) is 58.0 Å². The Morgan fingerprint density at radius 1 is 0.696 bits per heavy atom. The molecule has 0 spiro atoms. The van der Waals surface area contributed by atoms with Gasteiger partial charge in [0.05, 0.1) is 45.7 Å². The van der Waals surface area contributed by atoms with Gasteiger partial charge in [0.25, 0.3) is 0 Å². The Morgan fingerprint density at radius 3 is 1.91 bits per heavy atom. The molecule has 0 aromatic rings. The van der Waals surface area contributed by atoms with Gasteiger partial charge in [0.2, 0.25) is 0 Å². The van der Waals surface area contributed by atoms with E-state index in [0.29, 0.717) is 45.7 Å². The number of hydrogen-bond acceptors (Lipinski definition) is 5. The van der Waals surface area contributed by atoms with Crippen LogP contribution in [0.2, 0.25) is 0 Å². The summed E-state index contributed by atoms with van der Waals surface area (Å²) in [5, 5.41) is 3.33. The van der Waals surface area contributed by atoms with Gasteiger partial charge in [-0.25, -0.2) is 0 Å². The highest BCUT2D eigenvalue weighted by Gasteiger charge is 2.12. The molecule has 0 bridgehead atoms. The van der Waals surface area contributed by atoms with Gasteiger partial charge < -0.3 is 24.3 Å². The molecule has 0 atom stereocenters. The van der Waals surface area contributed by atoms with Crippen LogP contribution in [0.25, 0.3) is 0 Å². The van der Waals surface area contributed by atoms with Crippen LogP contribution in [0.5, 0.6) is 0 Å².